The van der Waals surface area contributed by atoms with Gasteiger partial charge in [-0.2, -0.15) is 0 Å². The monoisotopic (exact) mass is 398 g/mol. The van der Waals surface area contributed by atoms with E-state index in [1.54, 1.807) is 0 Å². The standard InChI is InChI=1S/C17H23BrN2O4/c1-19(11-17(22)23)14-5-3-8-20(9-7-14)16(21)12-24-15-6-2-4-13(18)10-15/h2,4,6,10,14H,3,5,7-9,11-12H2,1H3,(H,22,23)/t14-/m1/s1. The van der Waals surface area contributed by atoms with Gasteiger partial charge in [-0.05, 0) is 44.5 Å². The minimum Gasteiger partial charge on any atom is -0.484 e. The summed E-state index contributed by atoms with van der Waals surface area (Å²) < 4.78 is 6.47. The van der Waals surface area contributed by atoms with Crippen LogP contribution in [-0.4, -0.2) is 66.1 Å². The number of halogens is 1. The van der Waals surface area contributed by atoms with Gasteiger partial charge in [0.15, 0.2) is 6.61 Å². The molecule has 1 aliphatic heterocycles. The van der Waals surface area contributed by atoms with Crippen LogP contribution >= 0.6 is 15.9 Å². The van der Waals surface area contributed by atoms with Gasteiger partial charge < -0.3 is 14.7 Å². The van der Waals surface area contributed by atoms with Crippen LogP contribution in [0.2, 0.25) is 0 Å². The molecule has 0 aromatic heterocycles. The lowest BCUT2D eigenvalue weighted by Crippen LogP contribution is -2.38. The zero-order valence-electron chi connectivity index (χ0n) is 13.8. The number of hydrogen-bond donors (Lipinski definition) is 1. The number of rotatable bonds is 6. The molecule has 0 bridgehead atoms. The largest absolute Gasteiger partial charge is 0.484 e. The summed E-state index contributed by atoms with van der Waals surface area (Å²) in [6, 6.07) is 7.60. The van der Waals surface area contributed by atoms with E-state index < -0.39 is 5.97 Å². The fourth-order valence-electron chi connectivity index (χ4n) is 2.90. The molecule has 1 saturated heterocycles. The highest BCUT2D eigenvalue weighted by Gasteiger charge is 2.24. The normalized spacial score (nSPS) is 18.3. The number of nitrogens with zero attached hydrogens (tertiary/aromatic N) is 2. The van der Waals surface area contributed by atoms with Crippen molar-refractivity contribution in [2.24, 2.45) is 0 Å². The Morgan fingerprint density at radius 3 is 2.88 bits per heavy atom. The van der Waals surface area contributed by atoms with E-state index in [0.717, 1.165) is 23.7 Å². The minimum atomic E-state index is -0.822. The molecule has 0 spiro atoms. The van der Waals surface area contributed by atoms with Crippen LogP contribution in [0.4, 0.5) is 0 Å². The van der Waals surface area contributed by atoms with Crippen LogP contribution in [0.25, 0.3) is 0 Å². The van der Waals surface area contributed by atoms with Gasteiger partial charge in [0.25, 0.3) is 5.91 Å². The summed E-state index contributed by atoms with van der Waals surface area (Å²) in [5.41, 5.74) is 0. The minimum absolute atomic E-state index is 0.0199. The average molecular weight is 399 g/mol. The molecule has 1 aromatic carbocycles. The molecule has 1 atom stereocenters. The SMILES string of the molecule is CN(CC(=O)O)[C@@H]1CCCN(C(=O)COc2cccc(Br)c2)CC1. The van der Waals surface area contributed by atoms with E-state index in [1.165, 1.54) is 0 Å². The number of carboxylic acids is 1. The molecule has 0 radical (unpaired) electrons. The summed E-state index contributed by atoms with van der Waals surface area (Å²) in [5, 5.41) is 8.90. The molecule has 7 heteroatoms. The zero-order chi connectivity index (χ0) is 17.5. The van der Waals surface area contributed by atoms with Crippen LogP contribution in [0.15, 0.2) is 28.7 Å². The van der Waals surface area contributed by atoms with Crippen molar-refractivity contribution >= 4 is 27.8 Å². The van der Waals surface area contributed by atoms with Crippen molar-refractivity contribution in [1.82, 2.24) is 9.80 Å². The number of hydrogen-bond acceptors (Lipinski definition) is 4. The quantitative estimate of drug-likeness (QED) is 0.795. The maximum atomic E-state index is 12.3. The van der Waals surface area contributed by atoms with Gasteiger partial charge in [-0.25, -0.2) is 0 Å². The van der Waals surface area contributed by atoms with Crippen molar-refractivity contribution in [3.8, 4) is 5.75 Å². The molecule has 0 unspecified atom stereocenters. The van der Waals surface area contributed by atoms with Crippen LogP contribution in [0, 0.1) is 0 Å². The second-order valence-corrected chi connectivity index (χ2v) is 6.94. The summed E-state index contributed by atoms with van der Waals surface area (Å²) in [5.74, 6) is -0.194. The summed E-state index contributed by atoms with van der Waals surface area (Å²) in [7, 11) is 1.83. The molecule has 2 rings (SSSR count). The molecule has 6 nitrogen and oxygen atoms in total. The Balaban J connectivity index is 1.82. The molecule has 1 aliphatic rings. The van der Waals surface area contributed by atoms with Gasteiger partial charge in [0.1, 0.15) is 5.75 Å². The van der Waals surface area contributed by atoms with Gasteiger partial charge in [-0.1, -0.05) is 22.0 Å². The van der Waals surface area contributed by atoms with E-state index in [9.17, 15) is 9.59 Å². The van der Waals surface area contributed by atoms with Crippen molar-refractivity contribution in [2.45, 2.75) is 25.3 Å². The third kappa shape index (κ3) is 5.79. The molecule has 0 aliphatic carbocycles. The van der Waals surface area contributed by atoms with Crippen molar-refractivity contribution in [2.75, 3.05) is 33.3 Å². The summed E-state index contributed by atoms with van der Waals surface area (Å²) in [4.78, 5) is 26.8. The van der Waals surface area contributed by atoms with Crippen LogP contribution in [0.5, 0.6) is 5.75 Å². The Labute approximate surface area is 150 Å². The summed E-state index contributed by atoms with van der Waals surface area (Å²) in [6.45, 7) is 1.38. The van der Waals surface area contributed by atoms with Crippen LogP contribution < -0.4 is 4.74 Å². The Hall–Kier alpha value is -1.60. The first-order chi connectivity index (χ1) is 11.5. The number of carboxylic acid groups (broad SMARTS) is 1. The third-order valence-electron chi connectivity index (χ3n) is 4.22. The number of carbonyl (C=O) groups is 2. The highest BCUT2D eigenvalue weighted by atomic mass is 79.9. The second kappa shape index (κ2) is 9.03. The molecule has 1 fully saturated rings. The van der Waals surface area contributed by atoms with Crippen LogP contribution in [-0.2, 0) is 9.59 Å². The van der Waals surface area contributed by atoms with Gasteiger partial charge in [0.05, 0.1) is 6.54 Å². The molecule has 24 heavy (non-hydrogen) atoms. The molecule has 132 valence electrons. The molecule has 1 N–H and O–H groups in total. The first-order valence-corrected chi connectivity index (χ1v) is 8.83. The number of carbonyl (C=O) groups excluding carboxylic acids is 1. The first-order valence-electron chi connectivity index (χ1n) is 8.04. The molecule has 0 saturated carbocycles. The molecular weight excluding hydrogens is 376 g/mol. The Kier molecular flexibility index (Phi) is 7.05. The van der Waals surface area contributed by atoms with Crippen molar-refractivity contribution < 1.29 is 19.4 Å². The third-order valence-corrected chi connectivity index (χ3v) is 4.71. The number of ether oxygens (including phenoxy) is 1. The molecule has 1 amide bonds. The number of likely N-dealkylation sites (tertiary alicyclic amines) is 1. The number of amides is 1. The second-order valence-electron chi connectivity index (χ2n) is 6.02. The van der Waals surface area contributed by atoms with Gasteiger partial charge in [0, 0.05) is 23.6 Å². The maximum absolute atomic E-state index is 12.3. The molecular formula is C17H23BrN2O4. The lowest BCUT2D eigenvalue weighted by Gasteiger charge is -2.25. The first kappa shape index (κ1) is 18.7. The molecule has 1 aromatic rings. The van der Waals surface area contributed by atoms with Gasteiger partial charge >= 0.3 is 5.97 Å². The lowest BCUT2D eigenvalue weighted by atomic mass is 10.1. The maximum Gasteiger partial charge on any atom is 0.317 e. The Bertz CT molecular complexity index is 581. The van der Waals surface area contributed by atoms with E-state index in [0.29, 0.717) is 18.8 Å². The smallest absolute Gasteiger partial charge is 0.317 e. The van der Waals surface area contributed by atoms with Crippen molar-refractivity contribution in [1.29, 1.82) is 0 Å². The zero-order valence-corrected chi connectivity index (χ0v) is 15.4. The van der Waals surface area contributed by atoms with E-state index in [1.807, 2.05) is 41.1 Å². The predicted octanol–water partition coefficient (Wildman–Crippen LogP) is 2.23. The van der Waals surface area contributed by atoms with Crippen molar-refractivity contribution in [3.63, 3.8) is 0 Å². The van der Waals surface area contributed by atoms with E-state index in [4.69, 9.17) is 9.84 Å². The topological polar surface area (TPSA) is 70.1 Å². The van der Waals surface area contributed by atoms with Gasteiger partial charge in [-0.3, -0.25) is 14.5 Å². The molecule has 1 heterocycles. The Morgan fingerprint density at radius 1 is 1.38 bits per heavy atom. The van der Waals surface area contributed by atoms with E-state index in [-0.39, 0.29) is 25.1 Å². The fourth-order valence-corrected chi connectivity index (χ4v) is 3.28. The van der Waals surface area contributed by atoms with E-state index >= 15 is 0 Å². The van der Waals surface area contributed by atoms with E-state index in [2.05, 4.69) is 15.9 Å². The van der Waals surface area contributed by atoms with Crippen LogP contribution in [0.3, 0.4) is 0 Å². The summed E-state index contributed by atoms with van der Waals surface area (Å²) >= 11 is 3.37. The van der Waals surface area contributed by atoms with Gasteiger partial charge in [0.2, 0.25) is 0 Å². The van der Waals surface area contributed by atoms with Crippen molar-refractivity contribution in [3.05, 3.63) is 28.7 Å². The van der Waals surface area contributed by atoms with Gasteiger partial charge in [-0.15, -0.1) is 0 Å². The number of likely N-dealkylation sites (N-methyl/N-ethyl adjacent to an activating group) is 1. The summed E-state index contributed by atoms with van der Waals surface area (Å²) in [6.07, 6.45) is 2.56. The lowest BCUT2D eigenvalue weighted by molar-refractivity contribution is -0.138. The average Bonchev–Trinajstić information content (AvgIpc) is 2.78. The highest BCUT2D eigenvalue weighted by Crippen LogP contribution is 2.19. The number of aliphatic carboxylic acids is 1. The van der Waals surface area contributed by atoms with Crippen LogP contribution in [0.1, 0.15) is 19.3 Å². The predicted molar refractivity (Wildman–Crippen MR) is 94.1 cm³/mol. The fraction of sp³-hybridized carbons (Fsp3) is 0.529. The number of benzene rings is 1. The highest BCUT2D eigenvalue weighted by molar-refractivity contribution is 9.10. The Morgan fingerprint density at radius 2 is 2.17 bits per heavy atom.